The van der Waals surface area contributed by atoms with Gasteiger partial charge in [0.05, 0.1) is 0 Å². The van der Waals surface area contributed by atoms with Gasteiger partial charge in [0.15, 0.2) is 0 Å². The van der Waals surface area contributed by atoms with Crippen molar-refractivity contribution in [1.29, 1.82) is 0 Å². The van der Waals surface area contributed by atoms with Crippen molar-refractivity contribution < 1.29 is 0 Å². The molecule has 1 aliphatic heterocycles. The third-order valence-corrected chi connectivity index (χ3v) is 3.43. The van der Waals surface area contributed by atoms with Crippen LogP contribution >= 0.6 is 15.9 Å². The van der Waals surface area contributed by atoms with Crippen LogP contribution in [0.1, 0.15) is 24.5 Å². The van der Waals surface area contributed by atoms with E-state index >= 15 is 0 Å². The van der Waals surface area contributed by atoms with Crippen LogP contribution in [0.15, 0.2) is 22.7 Å². The summed E-state index contributed by atoms with van der Waals surface area (Å²) in [7, 11) is 0. The molecule has 0 aliphatic carbocycles. The molecule has 1 aromatic carbocycles. The fraction of sp³-hybridized carbons (Fsp3) is 0.455. The Balaban J connectivity index is 2.35. The summed E-state index contributed by atoms with van der Waals surface area (Å²) in [6, 6.07) is 7.12. The smallest absolute Gasteiger partial charge is 0.0223 e. The normalized spacial score (nSPS) is 22.2. The quantitative estimate of drug-likeness (QED) is 0.735. The summed E-state index contributed by atoms with van der Waals surface area (Å²) in [6.07, 6.45) is 2.44. The Labute approximate surface area is 87.7 Å². The van der Waals surface area contributed by atoms with Gasteiger partial charge < -0.3 is 5.32 Å². The SMILES string of the molecule is CC1CCc2cccc(Br)c2CN1. The monoisotopic (exact) mass is 239 g/mol. The lowest BCUT2D eigenvalue weighted by Gasteiger charge is -2.08. The highest BCUT2D eigenvalue weighted by Crippen LogP contribution is 2.24. The summed E-state index contributed by atoms with van der Waals surface area (Å²) in [5.74, 6) is 0. The van der Waals surface area contributed by atoms with Crippen molar-refractivity contribution >= 4 is 15.9 Å². The standard InChI is InChI=1S/C11H14BrN/c1-8-5-6-9-3-2-4-11(12)10(9)7-13-8/h2-4,8,13H,5-7H2,1H3. The zero-order valence-electron chi connectivity index (χ0n) is 7.81. The summed E-state index contributed by atoms with van der Waals surface area (Å²) in [4.78, 5) is 0. The molecule has 1 aromatic rings. The van der Waals surface area contributed by atoms with Gasteiger partial charge in [-0.15, -0.1) is 0 Å². The van der Waals surface area contributed by atoms with Gasteiger partial charge in [-0.05, 0) is 37.0 Å². The molecule has 0 saturated heterocycles. The van der Waals surface area contributed by atoms with Gasteiger partial charge in [-0.1, -0.05) is 28.1 Å². The summed E-state index contributed by atoms with van der Waals surface area (Å²) in [5, 5.41) is 3.51. The van der Waals surface area contributed by atoms with Crippen LogP contribution < -0.4 is 5.32 Å². The van der Waals surface area contributed by atoms with Crippen molar-refractivity contribution in [3.8, 4) is 0 Å². The number of halogens is 1. The first-order chi connectivity index (χ1) is 6.27. The fourth-order valence-electron chi connectivity index (χ4n) is 1.79. The molecule has 2 rings (SSSR count). The van der Waals surface area contributed by atoms with Crippen molar-refractivity contribution in [2.45, 2.75) is 32.4 Å². The molecule has 0 radical (unpaired) electrons. The summed E-state index contributed by atoms with van der Waals surface area (Å²) in [6.45, 7) is 3.25. The first-order valence-electron chi connectivity index (χ1n) is 4.77. The van der Waals surface area contributed by atoms with Crippen molar-refractivity contribution in [2.24, 2.45) is 0 Å². The molecule has 1 atom stereocenters. The Morgan fingerprint density at radius 1 is 1.46 bits per heavy atom. The third kappa shape index (κ3) is 1.94. The lowest BCUT2D eigenvalue weighted by Crippen LogP contribution is -2.23. The Bertz CT molecular complexity index is 309. The summed E-state index contributed by atoms with van der Waals surface area (Å²) in [5.41, 5.74) is 2.93. The molecule has 1 nitrogen and oxygen atoms in total. The van der Waals surface area contributed by atoms with Gasteiger partial charge in [-0.25, -0.2) is 0 Å². The number of hydrogen-bond donors (Lipinski definition) is 1. The van der Waals surface area contributed by atoms with Crippen molar-refractivity contribution in [3.05, 3.63) is 33.8 Å². The van der Waals surface area contributed by atoms with E-state index in [2.05, 4.69) is 46.4 Å². The number of hydrogen-bond acceptors (Lipinski definition) is 1. The maximum absolute atomic E-state index is 3.60. The van der Waals surface area contributed by atoms with Crippen LogP contribution in [-0.2, 0) is 13.0 Å². The average Bonchev–Trinajstić information content (AvgIpc) is 2.30. The summed E-state index contributed by atoms with van der Waals surface area (Å²) < 4.78 is 1.24. The Morgan fingerprint density at radius 2 is 2.31 bits per heavy atom. The maximum atomic E-state index is 3.60. The fourth-order valence-corrected chi connectivity index (χ4v) is 2.33. The van der Waals surface area contributed by atoms with E-state index in [0.29, 0.717) is 6.04 Å². The second kappa shape index (κ2) is 3.81. The highest BCUT2D eigenvalue weighted by atomic mass is 79.9. The van der Waals surface area contributed by atoms with Gasteiger partial charge >= 0.3 is 0 Å². The molecule has 0 saturated carbocycles. The largest absolute Gasteiger partial charge is 0.310 e. The molecule has 0 amide bonds. The Hall–Kier alpha value is -0.340. The number of rotatable bonds is 0. The Morgan fingerprint density at radius 3 is 3.15 bits per heavy atom. The lowest BCUT2D eigenvalue weighted by atomic mass is 10.0. The maximum Gasteiger partial charge on any atom is 0.0223 e. The van der Waals surface area contributed by atoms with Crippen LogP contribution in [0.25, 0.3) is 0 Å². The molecule has 0 aromatic heterocycles. The average molecular weight is 240 g/mol. The number of benzene rings is 1. The van der Waals surface area contributed by atoms with E-state index in [4.69, 9.17) is 0 Å². The summed E-state index contributed by atoms with van der Waals surface area (Å²) >= 11 is 3.60. The van der Waals surface area contributed by atoms with E-state index < -0.39 is 0 Å². The highest BCUT2D eigenvalue weighted by Gasteiger charge is 2.13. The van der Waals surface area contributed by atoms with E-state index in [1.54, 1.807) is 0 Å². The third-order valence-electron chi connectivity index (χ3n) is 2.69. The van der Waals surface area contributed by atoms with Gasteiger partial charge in [0.1, 0.15) is 0 Å². The van der Waals surface area contributed by atoms with Crippen molar-refractivity contribution in [2.75, 3.05) is 0 Å². The lowest BCUT2D eigenvalue weighted by molar-refractivity contribution is 0.533. The molecular formula is C11H14BrN. The molecular weight excluding hydrogens is 226 g/mol. The molecule has 2 heteroatoms. The van der Waals surface area contributed by atoms with Crippen LogP contribution in [0.2, 0.25) is 0 Å². The minimum atomic E-state index is 0.638. The molecule has 1 unspecified atom stereocenters. The van der Waals surface area contributed by atoms with Crippen LogP contribution in [0, 0.1) is 0 Å². The number of fused-ring (bicyclic) bond motifs is 1. The molecule has 1 heterocycles. The topological polar surface area (TPSA) is 12.0 Å². The highest BCUT2D eigenvalue weighted by molar-refractivity contribution is 9.10. The van der Waals surface area contributed by atoms with Crippen LogP contribution in [0.5, 0.6) is 0 Å². The van der Waals surface area contributed by atoms with Crippen molar-refractivity contribution in [3.63, 3.8) is 0 Å². The van der Waals surface area contributed by atoms with Gasteiger partial charge in [-0.2, -0.15) is 0 Å². The Kier molecular flexibility index (Phi) is 2.70. The first-order valence-corrected chi connectivity index (χ1v) is 5.56. The predicted octanol–water partition coefficient (Wildman–Crippen LogP) is 2.87. The molecule has 0 fully saturated rings. The van der Waals surface area contributed by atoms with Crippen LogP contribution in [0.4, 0.5) is 0 Å². The van der Waals surface area contributed by atoms with E-state index in [-0.39, 0.29) is 0 Å². The zero-order valence-corrected chi connectivity index (χ0v) is 9.39. The second-order valence-corrected chi connectivity index (χ2v) is 4.55. The van der Waals surface area contributed by atoms with Crippen LogP contribution in [0.3, 0.4) is 0 Å². The second-order valence-electron chi connectivity index (χ2n) is 3.70. The van der Waals surface area contributed by atoms with Gasteiger partial charge in [-0.3, -0.25) is 0 Å². The van der Waals surface area contributed by atoms with E-state index in [0.717, 1.165) is 6.54 Å². The first kappa shape index (κ1) is 9.22. The molecule has 1 N–H and O–H groups in total. The van der Waals surface area contributed by atoms with E-state index in [1.807, 2.05) is 0 Å². The van der Waals surface area contributed by atoms with Gasteiger partial charge in [0.25, 0.3) is 0 Å². The van der Waals surface area contributed by atoms with Gasteiger partial charge in [0, 0.05) is 17.1 Å². The van der Waals surface area contributed by atoms with Gasteiger partial charge in [0.2, 0.25) is 0 Å². The zero-order chi connectivity index (χ0) is 9.26. The molecule has 0 spiro atoms. The molecule has 13 heavy (non-hydrogen) atoms. The number of nitrogens with one attached hydrogen (secondary N) is 1. The predicted molar refractivity (Wildman–Crippen MR) is 58.8 cm³/mol. The minimum Gasteiger partial charge on any atom is -0.310 e. The number of aryl methyl sites for hydroxylation is 1. The molecule has 70 valence electrons. The molecule has 0 bridgehead atoms. The van der Waals surface area contributed by atoms with E-state index in [1.165, 1.54) is 28.4 Å². The van der Waals surface area contributed by atoms with Crippen LogP contribution in [-0.4, -0.2) is 6.04 Å². The minimum absolute atomic E-state index is 0.638. The van der Waals surface area contributed by atoms with Crippen molar-refractivity contribution in [1.82, 2.24) is 5.32 Å². The molecule has 1 aliphatic rings. The van der Waals surface area contributed by atoms with E-state index in [9.17, 15) is 0 Å².